The molecular formula is C16H16N2O2S. The maximum atomic E-state index is 12.2. The number of amides is 2. The molecule has 3 rings (SSSR count). The van der Waals surface area contributed by atoms with Crippen molar-refractivity contribution in [2.24, 2.45) is 0 Å². The molecule has 1 heterocycles. The maximum Gasteiger partial charge on any atom is 0.265 e. The number of benzene rings is 1. The molecule has 1 aromatic carbocycles. The number of rotatable bonds is 4. The van der Waals surface area contributed by atoms with E-state index in [9.17, 15) is 9.59 Å². The van der Waals surface area contributed by atoms with Gasteiger partial charge in [0.2, 0.25) is 0 Å². The van der Waals surface area contributed by atoms with Gasteiger partial charge in [-0.05, 0) is 44.0 Å². The summed E-state index contributed by atoms with van der Waals surface area (Å²) < 4.78 is 0. The van der Waals surface area contributed by atoms with E-state index in [0.29, 0.717) is 22.2 Å². The zero-order valence-corrected chi connectivity index (χ0v) is 12.5. The second-order valence-corrected chi connectivity index (χ2v) is 6.45. The number of thiophene rings is 1. The van der Waals surface area contributed by atoms with Crippen LogP contribution in [0.3, 0.4) is 0 Å². The highest BCUT2D eigenvalue weighted by Gasteiger charge is 2.25. The predicted molar refractivity (Wildman–Crippen MR) is 83.9 cm³/mol. The molecule has 4 nitrogen and oxygen atoms in total. The van der Waals surface area contributed by atoms with Gasteiger partial charge in [-0.3, -0.25) is 9.59 Å². The van der Waals surface area contributed by atoms with Crippen molar-refractivity contribution in [3.63, 3.8) is 0 Å². The van der Waals surface area contributed by atoms with E-state index in [1.54, 1.807) is 24.3 Å². The minimum absolute atomic E-state index is 0.129. The van der Waals surface area contributed by atoms with Crippen LogP contribution in [0.5, 0.6) is 0 Å². The highest BCUT2D eigenvalue weighted by atomic mass is 32.1. The van der Waals surface area contributed by atoms with E-state index >= 15 is 0 Å². The number of hydrogen-bond acceptors (Lipinski definition) is 3. The van der Waals surface area contributed by atoms with Crippen molar-refractivity contribution < 1.29 is 9.59 Å². The maximum absolute atomic E-state index is 12.2. The summed E-state index contributed by atoms with van der Waals surface area (Å²) in [6.45, 7) is 1.96. The monoisotopic (exact) mass is 300 g/mol. The molecule has 2 amide bonds. The summed E-state index contributed by atoms with van der Waals surface area (Å²) in [5.41, 5.74) is 1.05. The molecular weight excluding hydrogens is 284 g/mol. The normalized spacial score (nSPS) is 13.8. The van der Waals surface area contributed by atoms with Crippen molar-refractivity contribution in [1.82, 2.24) is 5.32 Å². The molecule has 1 aliphatic rings. The fourth-order valence-electron chi connectivity index (χ4n) is 2.02. The molecule has 1 fully saturated rings. The Kier molecular flexibility index (Phi) is 3.75. The lowest BCUT2D eigenvalue weighted by Gasteiger charge is -2.10. The summed E-state index contributed by atoms with van der Waals surface area (Å²) in [6, 6.07) is 11.1. The van der Waals surface area contributed by atoms with E-state index in [4.69, 9.17) is 0 Å². The van der Waals surface area contributed by atoms with Crippen LogP contribution in [0, 0.1) is 6.92 Å². The van der Waals surface area contributed by atoms with Gasteiger partial charge in [0.15, 0.2) is 0 Å². The molecule has 2 N–H and O–H groups in total. The highest BCUT2D eigenvalue weighted by molar-refractivity contribution is 7.14. The van der Waals surface area contributed by atoms with Crippen LogP contribution in [0.15, 0.2) is 36.4 Å². The Morgan fingerprint density at radius 3 is 2.52 bits per heavy atom. The quantitative estimate of drug-likeness (QED) is 0.911. The second-order valence-electron chi connectivity index (χ2n) is 5.16. The smallest absolute Gasteiger partial charge is 0.265 e. The van der Waals surface area contributed by atoms with Crippen LogP contribution in [0.25, 0.3) is 0 Å². The van der Waals surface area contributed by atoms with Gasteiger partial charge in [-0.2, -0.15) is 0 Å². The fraction of sp³-hybridized carbons (Fsp3) is 0.250. The molecule has 0 atom stereocenters. The van der Waals surface area contributed by atoms with Gasteiger partial charge < -0.3 is 10.6 Å². The Morgan fingerprint density at radius 2 is 1.86 bits per heavy atom. The van der Waals surface area contributed by atoms with Crippen LogP contribution in [0.4, 0.5) is 5.69 Å². The van der Waals surface area contributed by atoms with Crippen molar-refractivity contribution in [1.29, 1.82) is 0 Å². The first-order valence-electron chi connectivity index (χ1n) is 6.91. The number of hydrogen-bond donors (Lipinski definition) is 2. The molecule has 0 unspecified atom stereocenters. The predicted octanol–water partition coefficient (Wildman–Crippen LogP) is 3.20. The number of aryl methyl sites for hydroxylation is 1. The first kappa shape index (κ1) is 13.8. The Bertz CT molecular complexity index is 689. The van der Waals surface area contributed by atoms with Crippen LogP contribution < -0.4 is 10.6 Å². The molecule has 0 radical (unpaired) electrons. The molecule has 0 aliphatic heterocycles. The van der Waals surface area contributed by atoms with Crippen LogP contribution >= 0.6 is 11.3 Å². The average Bonchev–Trinajstić information content (AvgIpc) is 3.17. The van der Waals surface area contributed by atoms with E-state index in [2.05, 4.69) is 10.6 Å². The van der Waals surface area contributed by atoms with Crippen molar-refractivity contribution in [3.05, 3.63) is 51.7 Å². The number of para-hydroxylation sites is 1. The SMILES string of the molecule is Cc1ccc(C(=O)Nc2ccccc2C(=O)NC2CC2)s1. The van der Waals surface area contributed by atoms with E-state index < -0.39 is 0 Å². The summed E-state index contributed by atoms with van der Waals surface area (Å²) in [5.74, 6) is -0.310. The number of carbonyl (C=O) groups is 2. The zero-order valence-electron chi connectivity index (χ0n) is 11.7. The van der Waals surface area contributed by atoms with Crippen LogP contribution in [-0.2, 0) is 0 Å². The molecule has 1 aliphatic carbocycles. The summed E-state index contributed by atoms with van der Waals surface area (Å²) in [5, 5.41) is 5.77. The number of carbonyl (C=O) groups excluding carboxylic acids is 2. The molecule has 1 aromatic heterocycles. The van der Waals surface area contributed by atoms with Crippen LogP contribution in [0.2, 0.25) is 0 Å². The zero-order chi connectivity index (χ0) is 14.8. The first-order chi connectivity index (χ1) is 10.1. The molecule has 0 saturated heterocycles. The second kappa shape index (κ2) is 5.69. The van der Waals surface area contributed by atoms with Crippen molar-refractivity contribution in [3.8, 4) is 0 Å². The Labute approximate surface area is 127 Å². The summed E-state index contributed by atoms with van der Waals surface area (Å²) in [6.07, 6.45) is 2.07. The molecule has 0 bridgehead atoms. The van der Waals surface area contributed by atoms with Gasteiger partial charge in [-0.15, -0.1) is 11.3 Å². The molecule has 1 saturated carbocycles. The molecule has 5 heteroatoms. The number of nitrogens with one attached hydrogen (secondary N) is 2. The van der Waals surface area contributed by atoms with Crippen LogP contribution in [0.1, 0.15) is 37.7 Å². The fourth-order valence-corrected chi connectivity index (χ4v) is 2.78. The standard InChI is InChI=1S/C16H16N2O2S/c1-10-6-9-14(21-10)16(20)18-13-5-3-2-4-12(13)15(19)17-11-7-8-11/h2-6,9,11H,7-8H2,1H3,(H,17,19)(H,18,20). The van der Waals surface area contributed by atoms with Crippen LogP contribution in [-0.4, -0.2) is 17.9 Å². The molecule has 2 aromatic rings. The van der Waals surface area contributed by atoms with E-state index in [1.807, 2.05) is 19.1 Å². The lowest BCUT2D eigenvalue weighted by Crippen LogP contribution is -2.26. The van der Waals surface area contributed by atoms with Gasteiger partial charge in [-0.1, -0.05) is 12.1 Å². The highest BCUT2D eigenvalue weighted by Crippen LogP contribution is 2.23. The molecule has 21 heavy (non-hydrogen) atoms. The molecule has 108 valence electrons. The largest absolute Gasteiger partial charge is 0.349 e. The Morgan fingerprint density at radius 1 is 1.10 bits per heavy atom. The lowest BCUT2D eigenvalue weighted by atomic mass is 10.1. The summed E-state index contributed by atoms with van der Waals surface area (Å²) >= 11 is 1.44. The van der Waals surface area contributed by atoms with Crippen molar-refractivity contribution in [2.45, 2.75) is 25.8 Å². The summed E-state index contributed by atoms with van der Waals surface area (Å²) in [7, 11) is 0. The minimum Gasteiger partial charge on any atom is -0.349 e. The van der Waals surface area contributed by atoms with Gasteiger partial charge in [-0.25, -0.2) is 0 Å². The van der Waals surface area contributed by atoms with Crippen molar-refractivity contribution >= 4 is 28.8 Å². The van der Waals surface area contributed by atoms with Gasteiger partial charge in [0, 0.05) is 10.9 Å². The van der Waals surface area contributed by atoms with Gasteiger partial charge in [0.1, 0.15) is 0 Å². The Hall–Kier alpha value is -2.14. The first-order valence-corrected chi connectivity index (χ1v) is 7.73. The third-order valence-corrected chi connectivity index (χ3v) is 4.30. The third kappa shape index (κ3) is 3.31. The lowest BCUT2D eigenvalue weighted by molar-refractivity contribution is 0.0952. The van der Waals surface area contributed by atoms with Gasteiger partial charge in [0.25, 0.3) is 11.8 Å². The topological polar surface area (TPSA) is 58.2 Å². The molecule has 0 spiro atoms. The third-order valence-electron chi connectivity index (χ3n) is 3.30. The minimum atomic E-state index is -0.181. The Balaban J connectivity index is 1.78. The van der Waals surface area contributed by atoms with Gasteiger partial charge >= 0.3 is 0 Å². The average molecular weight is 300 g/mol. The van der Waals surface area contributed by atoms with Gasteiger partial charge in [0.05, 0.1) is 16.1 Å². The van der Waals surface area contributed by atoms with E-state index in [0.717, 1.165) is 17.7 Å². The van der Waals surface area contributed by atoms with Crippen molar-refractivity contribution in [2.75, 3.05) is 5.32 Å². The van der Waals surface area contributed by atoms with E-state index in [1.165, 1.54) is 11.3 Å². The van der Waals surface area contributed by atoms with E-state index in [-0.39, 0.29) is 11.8 Å². The summed E-state index contributed by atoms with van der Waals surface area (Å²) in [4.78, 5) is 26.1. The number of anilines is 1.